The van der Waals surface area contributed by atoms with Crippen LogP contribution >= 0.6 is 182 Å². The van der Waals surface area contributed by atoms with E-state index in [2.05, 4.69) is 0 Å². The van der Waals surface area contributed by atoms with Gasteiger partial charge in [-0.25, -0.2) is 0 Å². The first-order valence-corrected chi connectivity index (χ1v) is 64.5. The fraction of sp³-hybridized carbons (Fsp3) is 1.00. The van der Waals surface area contributed by atoms with Crippen LogP contribution in [0.25, 0.3) is 0 Å². The molecule has 0 rings (SSSR count). The van der Waals surface area contributed by atoms with Crippen molar-refractivity contribution >= 4 is 182 Å². The number of hydrogen-bond acceptors (Lipinski definition) is 78. The molecule has 0 amide bonds. The molecule has 0 aromatic heterocycles. The quantitative estimate of drug-likeness (QED) is 0.0511. The monoisotopic (exact) mass is 4650 g/mol. The Bertz CT molecular complexity index is 3580. The second kappa shape index (κ2) is 76.9. The van der Waals surface area contributed by atoms with Crippen LogP contribution in [0.3, 0.4) is 0 Å². The fourth-order valence-electron chi connectivity index (χ4n) is 9.23. The molecule has 0 saturated heterocycles. The van der Waals surface area contributed by atoms with Crippen molar-refractivity contribution in [2.45, 2.75) is 66.3 Å². The Morgan fingerprint density at radius 1 is 0.0956 bits per heavy atom. The van der Waals surface area contributed by atoms with Crippen molar-refractivity contribution in [3.63, 3.8) is 0 Å². The van der Waals surface area contributed by atoms with Gasteiger partial charge in [0, 0.05) is 39.3 Å². The van der Waals surface area contributed by atoms with Gasteiger partial charge in [-0.2, -0.15) is 0 Å². The van der Waals surface area contributed by atoms with Crippen LogP contribution in [-0.2, 0) is 110 Å². The van der Waals surface area contributed by atoms with Crippen LogP contribution in [0.5, 0.6) is 0 Å². The molecule has 0 N–H and O–H groups in total. The third kappa shape index (κ3) is 73.6. The molecule has 0 aliphatic rings. The largest absolute Gasteiger partial charge is 3.00 e. The van der Waals surface area contributed by atoms with Crippen LogP contribution in [0.4, 0.5) is 0 Å². The normalized spacial score (nSPS) is 14.0. The van der Waals surface area contributed by atoms with E-state index in [-0.39, 0.29) is 646 Å². The molecule has 774 valence electrons. The number of rotatable bonds is 45. The summed E-state index contributed by atoms with van der Waals surface area (Å²) in [5.74, 6) is 0. The first-order valence-electron chi connectivity index (χ1n) is 25.8. The molecule has 0 fully saturated rings. The van der Waals surface area contributed by atoms with Gasteiger partial charge in [-0.3, -0.25) is 29.4 Å². The van der Waals surface area contributed by atoms with E-state index in [0.717, 1.165) is 0 Å². The van der Waals surface area contributed by atoms with Gasteiger partial charge in [0.1, 0.15) is 0 Å². The van der Waals surface area contributed by atoms with Gasteiger partial charge in [-0.1, -0.05) is 0 Å². The standard InChI is InChI=1S/3C6H24N2O24P8.16Sm/c3*9-33(10,11)3(34(12,13)14)7(4(35(15,16)17)36(18,19)20)1-2-8(5(37(21,22)23)38(24,25)26)6(39(27,28)29)40(30,31)32;;;;;;;;;;;;;;;;/h3*3-6H,1-2H2,(H2,9,10,11)(H2,12,13,14)(H2,15,16,17)(H2,18,19,20)(H2,21,22,23)(H2,24,25,26)(H2,27,28,29)(H2,30,31,32);;;;;;;;;;;;;;;;/q;;;16*+3/p-48. The van der Waals surface area contributed by atoms with E-state index in [4.69, 9.17) is 0 Å². The van der Waals surface area contributed by atoms with Gasteiger partial charge in [0.05, 0.1) is 66.3 Å². The molecule has 16 radical (unpaired) electrons. The third-order valence-electron chi connectivity index (χ3n) is 12.2. The summed E-state index contributed by atoms with van der Waals surface area (Å²) in [4.78, 5) is 537. The molecule has 118 heteroatoms. The summed E-state index contributed by atoms with van der Waals surface area (Å²) >= 11 is 0. The van der Waals surface area contributed by atoms with Gasteiger partial charge >= 0.3 is 646 Å². The zero-order valence-corrected chi connectivity index (χ0v) is 124. The van der Waals surface area contributed by atoms with E-state index in [1.807, 2.05) is 0 Å². The van der Waals surface area contributed by atoms with E-state index in [9.17, 15) is 344 Å². The van der Waals surface area contributed by atoms with Gasteiger partial charge in [-0.05, 0) is 182 Å². The van der Waals surface area contributed by atoms with Crippen molar-refractivity contribution in [2.24, 2.45) is 0 Å². The molecular formula is C18H24N6O72P24Sm16. The molecule has 0 heterocycles. The maximum atomic E-state index is 11.4. The third-order valence-corrected chi connectivity index (χ3v) is 53.3. The van der Waals surface area contributed by atoms with E-state index in [1.165, 1.54) is 0 Å². The maximum absolute atomic E-state index is 11.4. The van der Waals surface area contributed by atoms with Crippen LogP contribution in [0, 0.1) is 646 Å². The Balaban J connectivity index is -0.0000000839. The molecule has 78 nitrogen and oxygen atoms in total. The predicted molar refractivity (Wildman–Crippen MR) is 268 cm³/mol. The minimum atomic E-state index is -7.38. The molecule has 0 aromatic rings. The zero-order chi connectivity index (χ0) is 98.6. The minimum absolute atomic E-state index is 0. The van der Waals surface area contributed by atoms with Crippen molar-refractivity contribution in [3.8, 4) is 0 Å². The Morgan fingerprint density at radius 3 is 0.147 bits per heavy atom. The average molecular weight is 4630 g/mol. The summed E-state index contributed by atoms with van der Waals surface area (Å²) in [5, 5.41) is 0. The Hall–Kier alpha value is 24.8. The summed E-state index contributed by atoms with van der Waals surface area (Å²) in [6.07, 6.45) is 0. The fourth-order valence-corrected chi connectivity index (χ4v) is 43.1. The van der Waals surface area contributed by atoms with Gasteiger partial charge in [-0.15, -0.1) is 0 Å². The van der Waals surface area contributed by atoms with Gasteiger partial charge in [0.15, 0.2) is 0 Å². The van der Waals surface area contributed by atoms with Crippen LogP contribution in [0.2, 0.25) is 0 Å². The van der Waals surface area contributed by atoms with E-state index in [1.54, 1.807) is 0 Å². The van der Waals surface area contributed by atoms with Crippen molar-refractivity contribution in [3.05, 3.63) is 0 Å². The topological polar surface area (TPSA) is 1540 Å². The molecule has 136 heavy (non-hydrogen) atoms. The molecule has 0 aliphatic carbocycles. The Morgan fingerprint density at radius 2 is 0.125 bits per heavy atom. The van der Waals surface area contributed by atoms with Gasteiger partial charge in [0.25, 0.3) is 0 Å². The molecule has 0 spiro atoms. The first kappa shape index (κ1) is 204. The van der Waals surface area contributed by atoms with Crippen LogP contribution in [0.15, 0.2) is 0 Å². The SMILES string of the molecule is O=P([O-])([O-])C(N(CCN(C(P(=O)([O-])[O-])P(=O)([O-])[O-])C(P(=O)([O-])[O-])P(=O)([O-])[O-])C(P(=O)([O-])[O-])P(=O)([O-])[O-])P(=O)([O-])[O-].O=P([O-])([O-])C(N(CCN(C(P(=O)([O-])[O-])P(=O)([O-])[O-])C(P(=O)([O-])[O-])P(=O)([O-])[O-])C(P(=O)([O-])[O-])P(=O)([O-])[O-])P(=O)([O-])[O-].O=P([O-])([O-])C(N(CCN(C(P(=O)([O-])[O-])P(=O)([O-])[O-])C(P(=O)([O-])[O-])P(=O)([O-])[O-])C(P(=O)([O-])[O-])P(=O)([O-])[O-])P(=O)([O-])[O-].[Sm+3].[Sm+3].[Sm+3].[Sm+3].[Sm+3].[Sm+3].[Sm+3].[Sm+3].[Sm+3].[Sm+3].[Sm+3].[Sm+3].[Sm+3].[Sm+3].[Sm+3].[Sm+3]. The van der Waals surface area contributed by atoms with Crippen molar-refractivity contribution < 1.29 is 991 Å². The summed E-state index contributed by atoms with van der Waals surface area (Å²) in [5.41, 5.74) is -56.6. The Kier molecular flexibility index (Phi) is 116. The van der Waals surface area contributed by atoms with Crippen molar-refractivity contribution in [1.29, 1.82) is 0 Å². The number of nitrogens with zero attached hydrogens (tertiary/aromatic N) is 6. The van der Waals surface area contributed by atoms with Gasteiger partial charge < -0.3 is 344 Å². The van der Waals surface area contributed by atoms with E-state index in [0.29, 0.717) is 0 Å². The molecule has 0 atom stereocenters. The predicted octanol–water partition coefficient (Wildman–Crippen LogP) is -41.9. The second-order valence-corrected chi connectivity index (χ2v) is 64.1. The molecule has 0 aromatic carbocycles. The van der Waals surface area contributed by atoms with Crippen LogP contribution in [-0.4, -0.2) is 135 Å². The first-order chi connectivity index (χ1) is 50.9. The van der Waals surface area contributed by atoms with Crippen molar-refractivity contribution in [2.75, 3.05) is 39.3 Å². The van der Waals surface area contributed by atoms with E-state index < -0.39 is 317 Å². The average Bonchev–Trinajstić information content (AvgIpc) is 0.752. The van der Waals surface area contributed by atoms with Crippen molar-refractivity contribution in [1.82, 2.24) is 29.4 Å². The Labute approximate surface area is 1280 Å². The zero-order valence-electron chi connectivity index (χ0n) is 60.5. The molecule has 0 unspecified atom stereocenters. The molecule has 0 aliphatic heterocycles. The molecule has 0 saturated carbocycles. The van der Waals surface area contributed by atoms with Crippen LogP contribution < -0.4 is 235 Å². The smallest absolute Gasteiger partial charge is 0.809 e. The summed E-state index contributed by atoms with van der Waals surface area (Å²) < 4.78 is 274. The molecule has 0 bridgehead atoms. The van der Waals surface area contributed by atoms with Crippen LogP contribution in [0.1, 0.15) is 0 Å². The molecular weight excluding hydrogens is 4600 g/mol. The summed E-state index contributed by atoms with van der Waals surface area (Å²) in [6.45, 7) is -16.9. The minimum Gasteiger partial charge on any atom is -0.809 e. The summed E-state index contributed by atoms with van der Waals surface area (Å²) in [7, 11) is -177. The second-order valence-electron chi connectivity index (χ2n) is 21.5. The number of hydrogen-bond donors (Lipinski definition) is 0. The van der Waals surface area contributed by atoms with Gasteiger partial charge in [0.2, 0.25) is 0 Å². The summed E-state index contributed by atoms with van der Waals surface area (Å²) in [6, 6.07) is 0. The van der Waals surface area contributed by atoms with E-state index >= 15 is 0 Å². The maximum Gasteiger partial charge on any atom is 3.00 e.